The summed E-state index contributed by atoms with van der Waals surface area (Å²) >= 11 is 0. The second-order valence-electron chi connectivity index (χ2n) is 4.85. The lowest BCUT2D eigenvalue weighted by molar-refractivity contribution is -0.119. The third-order valence-electron chi connectivity index (χ3n) is 2.92. The summed E-state index contributed by atoms with van der Waals surface area (Å²) in [5, 5.41) is 9.17. The summed E-state index contributed by atoms with van der Waals surface area (Å²) in [5.74, 6) is 0.295. The zero-order chi connectivity index (χ0) is 13.1. The van der Waals surface area contributed by atoms with Gasteiger partial charge in [-0.1, -0.05) is 38.1 Å². The number of hydrogen-bond acceptors (Lipinski definition) is 2. The third-order valence-corrected chi connectivity index (χ3v) is 2.92. The lowest BCUT2D eigenvalue weighted by Crippen LogP contribution is -2.40. The quantitative estimate of drug-likeness (QED) is 0.797. The summed E-state index contributed by atoms with van der Waals surface area (Å²) in [4.78, 5) is 13.9. The van der Waals surface area contributed by atoms with Crippen LogP contribution in [0.2, 0.25) is 0 Å². The first-order valence-corrected chi connectivity index (χ1v) is 6.12. The van der Waals surface area contributed by atoms with E-state index in [1.165, 1.54) is 0 Å². The minimum Gasteiger partial charge on any atom is -0.292 e. The van der Waals surface area contributed by atoms with Gasteiger partial charge in [0.05, 0.1) is 11.8 Å². The molecule has 0 fully saturated rings. The number of rotatable bonds is 2. The van der Waals surface area contributed by atoms with Crippen molar-refractivity contribution in [3.63, 3.8) is 0 Å². The van der Waals surface area contributed by atoms with Crippen LogP contribution in [0.15, 0.2) is 30.3 Å². The number of para-hydroxylation sites is 1. The summed E-state index contributed by atoms with van der Waals surface area (Å²) in [5.41, 5.74) is 1.82. The van der Waals surface area contributed by atoms with E-state index in [4.69, 9.17) is 0 Å². The zero-order valence-corrected chi connectivity index (χ0v) is 10.6. The number of carbonyl (C=O) groups is 1. The molecule has 3 nitrogen and oxygen atoms in total. The van der Waals surface area contributed by atoms with Gasteiger partial charge in [-0.05, 0) is 23.6 Å². The number of hydrogen-bond donors (Lipinski definition) is 0. The number of nitriles is 1. The number of fused-ring (bicyclic) bond motifs is 1. The van der Waals surface area contributed by atoms with E-state index >= 15 is 0 Å². The average molecular weight is 240 g/mol. The van der Waals surface area contributed by atoms with Gasteiger partial charge in [-0.3, -0.25) is 9.69 Å². The van der Waals surface area contributed by atoms with E-state index in [1.807, 2.05) is 44.2 Å². The Morgan fingerprint density at radius 1 is 1.44 bits per heavy atom. The van der Waals surface area contributed by atoms with E-state index in [1.54, 1.807) is 11.0 Å². The smallest absolute Gasteiger partial charge is 0.228 e. The first kappa shape index (κ1) is 12.4. The Hall–Kier alpha value is -2.08. The molecule has 1 aromatic rings. The summed E-state index contributed by atoms with van der Waals surface area (Å²) in [6.45, 7) is 4.01. The van der Waals surface area contributed by atoms with Crippen molar-refractivity contribution in [1.29, 1.82) is 5.26 Å². The van der Waals surface area contributed by atoms with Crippen LogP contribution < -0.4 is 4.90 Å². The molecule has 1 aliphatic rings. The molecule has 0 aromatic heterocycles. The average Bonchev–Trinajstić information content (AvgIpc) is 2.36. The Bertz CT molecular complexity index is 526. The van der Waals surface area contributed by atoms with Crippen LogP contribution in [-0.2, 0) is 4.79 Å². The Kier molecular flexibility index (Phi) is 3.47. The summed E-state index contributed by atoms with van der Waals surface area (Å²) in [6, 6.07) is 9.34. The fourth-order valence-electron chi connectivity index (χ4n) is 2.12. The molecule has 92 valence electrons. The van der Waals surface area contributed by atoms with Crippen molar-refractivity contribution in [3.05, 3.63) is 35.9 Å². The Labute approximate surface area is 107 Å². The second kappa shape index (κ2) is 5.05. The Morgan fingerprint density at radius 3 is 2.83 bits per heavy atom. The molecule has 1 aromatic carbocycles. The van der Waals surface area contributed by atoms with Crippen molar-refractivity contribution in [2.45, 2.75) is 26.3 Å². The van der Waals surface area contributed by atoms with E-state index in [0.717, 1.165) is 11.3 Å². The van der Waals surface area contributed by atoms with Gasteiger partial charge in [0.25, 0.3) is 0 Å². The fraction of sp³-hybridized carbons (Fsp3) is 0.333. The van der Waals surface area contributed by atoms with Gasteiger partial charge in [-0.25, -0.2) is 0 Å². The van der Waals surface area contributed by atoms with Crippen LogP contribution >= 0.6 is 0 Å². The number of benzene rings is 1. The molecule has 0 radical (unpaired) electrons. The van der Waals surface area contributed by atoms with Crippen molar-refractivity contribution in [2.75, 3.05) is 4.90 Å². The predicted octanol–water partition coefficient (Wildman–Crippen LogP) is 2.98. The van der Waals surface area contributed by atoms with Crippen molar-refractivity contribution in [3.8, 4) is 6.07 Å². The van der Waals surface area contributed by atoms with Crippen LogP contribution in [0.3, 0.4) is 0 Å². The summed E-state index contributed by atoms with van der Waals surface area (Å²) in [7, 11) is 0. The van der Waals surface area contributed by atoms with Crippen LogP contribution in [0, 0.1) is 17.2 Å². The van der Waals surface area contributed by atoms with Crippen LogP contribution in [0.1, 0.15) is 25.8 Å². The molecule has 0 bridgehead atoms. The van der Waals surface area contributed by atoms with Crippen molar-refractivity contribution in [2.24, 2.45) is 5.92 Å². The predicted molar refractivity (Wildman–Crippen MR) is 71.8 cm³/mol. The normalized spacial score (nSPS) is 17.4. The monoisotopic (exact) mass is 240 g/mol. The van der Waals surface area contributed by atoms with Gasteiger partial charge in [-0.2, -0.15) is 5.26 Å². The first-order valence-electron chi connectivity index (χ1n) is 6.12. The third kappa shape index (κ3) is 2.28. The minimum absolute atomic E-state index is 0.00773. The van der Waals surface area contributed by atoms with Crippen molar-refractivity contribution >= 4 is 17.7 Å². The van der Waals surface area contributed by atoms with Gasteiger partial charge < -0.3 is 0 Å². The first-order chi connectivity index (χ1) is 8.63. The number of carbonyl (C=O) groups excluding carboxylic acids is 1. The SMILES string of the molecule is CC(C)CC(=O)N1c2ccccc2C=C[C@H]1C#N. The van der Waals surface area contributed by atoms with E-state index in [2.05, 4.69) is 6.07 Å². The van der Waals surface area contributed by atoms with Gasteiger partial charge in [-0.15, -0.1) is 0 Å². The molecule has 1 heterocycles. The largest absolute Gasteiger partial charge is 0.292 e. The molecular formula is C15H16N2O. The molecule has 2 rings (SSSR count). The maximum Gasteiger partial charge on any atom is 0.228 e. The molecule has 1 atom stereocenters. The number of nitrogens with zero attached hydrogens (tertiary/aromatic N) is 2. The number of amides is 1. The summed E-state index contributed by atoms with van der Waals surface area (Å²) < 4.78 is 0. The van der Waals surface area contributed by atoms with E-state index in [9.17, 15) is 10.1 Å². The van der Waals surface area contributed by atoms with E-state index in [0.29, 0.717) is 6.42 Å². The molecule has 1 amide bonds. The molecule has 18 heavy (non-hydrogen) atoms. The van der Waals surface area contributed by atoms with E-state index in [-0.39, 0.29) is 11.8 Å². The van der Waals surface area contributed by atoms with Crippen molar-refractivity contribution < 1.29 is 4.79 Å². The molecule has 0 N–H and O–H groups in total. The Morgan fingerprint density at radius 2 is 2.17 bits per heavy atom. The maximum atomic E-state index is 12.3. The second-order valence-corrected chi connectivity index (χ2v) is 4.85. The molecule has 0 aliphatic carbocycles. The molecule has 1 aliphatic heterocycles. The molecule has 0 spiro atoms. The van der Waals surface area contributed by atoms with Crippen LogP contribution in [-0.4, -0.2) is 11.9 Å². The van der Waals surface area contributed by atoms with Gasteiger partial charge in [0.15, 0.2) is 0 Å². The Balaban J connectivity index is 2.39. The summed E-state index contributed by atoms with van der Waals surface area (Å²) in [6.07, 6.45) is 4.14. The molecule has 0 unspecified atom stereocenters. The molecule has 3 heteroatoms. The molecule has 0 saturated carbocycles. The molecular weight excluding hydrogens is 224 g/mol. The topological polar surface area (TPSA) is 44.1 Å². The highest BCUT2D eigenvalue weighted by Gasteiger charge is 2.27. The minimum atomic E-state index is -0.494. The highest BCUT2D eigenvalue weighted by atomic mass is 16.2. The number of anilines is 1. The lowest BCUT2D eigenvalue weighted by atomic mass is 10.0. The van der Waals surface area contributed by atoms with Gasteiger partial charge in [0.1, 0.15) is 6.04 Å². The molecule has 0 saturated heterocycles. The van der Waals surface area contributed by atoms with Crippen LogP contribution in [0.5, 0.6) is 0 Å². The maximum absolute atomic E-state index is 12.3. The van der Waals surface area contributed by atoms with Crippen LogP contribution in [0.4, 0.5) is 5.69 Å². The fourth-order valence-corrected chi connectivity index (χ4v) is 2.12. The highest BCUT2D eigenvalue weighted by Crippen LogP contribution is 2.29. The van der Waals surface area contributed by atoms with Crippen molar-refractivity contribution in [1.82, 2.24) is 0 Å². The van der Waals surface area contributed by atoms with Gasteiger partial charge >= 0.3 is 0 Å². The lowest BCUT2D eigenvalue weighted by Gasteiger charge is -2.30. The highest BCUT2D eigenvalue weighted by molar-refractivity contribution is 5.98. The van der Waals surface area contributed by atoms with Crippen LogP contribution in [0.25, 0.3) is 6.08 Å². The van der Waals surface area contributed by atoms with Gasteiger partial charge in [0.2, 0.25) is 5.91 Å². The van der Waals surface area contributed by atoms with E-state index < -0.39 is 6.04 Å². The standard InChI is InChI=1S/C15H16N2O/c1-11(2)9-15(18)17-13(10-16)8-7-12-5-3-4-6-14(12)17/h3-8,11,13H,9H2,1-2H3/t13-/m0/s1. The zero-order valence-electron chi connectivity index (χ0n) is 10.6. The van der Waals surface area contributed by atoms with Gasteiger partial charge in [0, 0.05) is 6.42 Å².